The molecule has 0 amide bonds. The van der Waals surface area contributed by atoms with Gasteiger partial charge in [-0.25, -0.2) is 4.98 Å². The summed E-state index contributed by atoms with van der Waals surface area (Å²) in [6, 6.07) is 0. The van der Waals surface area contributed by atoms with E-state index in [9.17, 15) is 9.90 Å². The molecule has 1 aliphatic heterocycles. The number of nitrogens with zero attached hydrogens (tertiary/aromatic N) is 2. The van der Waals surface area contributed by atoms with E-state index in [1.165, 1.54) is 11.3 Å². The third-order valence-electron chi connectivity index (χ3n) is 3.53. The van der Waals surface area contributed by atoms with Crippen LogP contribution >= 0.6 is 11.3 Å². The summed E-state index contributed by atoms with van der Waals surface area (Å²) in [5, 5.41) is 11.9. The number of carbonyl (C=O) groups is 1. The maximum atomic E-state index is 12.0. The molecule has 0 spiro atoms. The number of esters is 1. The summed E-state index contributed by atoms with van der Waals surface area (Å²) in [5.41, 5.74) is -0.0408. The molecule has 21 heavy (non-hydrogen) atoms. The van der Waals surface area contributed by atoms with E-state index in [1.54, 1.807) is 6.92 Å². The van der Waals surface area contributed by atoms with Gasteiger partial charge < -0.3 is 19.5 Å². The first kappa shape index (κ1) is 16.2. The summed E-state index contributed by atoms with van der Waals surface area (Å²) in [5.74, 6) is -0.267. The van der Waals surface area contributed by atoms with Crippen molar-refractivity contribution in [1.29, 1.82) is 0 Å². The lowest BCUT2D eigenvalue weighted by molar-refractivity contribution is -0.148. The second kappa shape index (κ2) is 6.72. The van der Waals surface area contributed by atoms with E-state index in [0.717, 1.165) is 11.7 Å². The SMILES string of the molecule is CCOC(=O)C(C)(C)c1csc(N2CCOC(CO)C2)n1. The third kappa shape index (κ3) is 3.53. The van der Waals surface area contributed by atoms with E-state index < -0.39 is 5.41 Å². The van der Waals surface area contributed by atoms with Gasteiger partial charge in [-0.1, -0.05) is 0 Å². The summed E-state index contributed by atoms with van der Waals surface area (Å²) in [7, 11) is 0. The summed E-state index contributed by atoms with van der Waals surface area (Å²) in [6.07, 6.45) is -0.177. The largest absolute Gasteiger partial charge is 0.465 e. The monoisotopic (exact) mass is 314 g/mol. The van der Waals surface area contributed by atoms with E-state index >= 15 is 0 Å². The first-order valence-corrected chi connectivity index (χ1v) is 7.97. The lowest BCUT2D eigenvalue weighted by Crippen LogP contribution is -2.44. The van der Waals surface area contributed by atoms with Crippen molar-refractivity contribution < 1.29 is 19.4 Å². The Morgan fingerprint density at radius 3 is 3.10 bits per heavy atom. The smallest absolute Gasteiger partial charge is 0.317 e. The fraction of sp³-hybridized carbons (Fsp3) is 0.714. The van der Waals surface area contributed by atoms with Crippen LogP contribution in [0.2, 0.25) is 0 Å². The Balaban J connectivity index is 2.12. The third-order valence-corrected chi connectivity index (χ3v) is 4.43. The molecule has 1 fully saturated rings. The van der Waals surface area contributed by atoms with E-state index in [0.29, 0.717) is 25.5 Å². The molecule has 1 saturated heterocycles. The standard InChI is InChI=1S/C14H22N2O4S/c1-4-19-12(18)14(2,3)11-9-21-13(15-11)16-5-6-20-10(7-16)8-17/h9-10,17H,4-8H2,1-3H3. The van der Waals surface area contributed by atoms with Gasteiger partial charge >= 0.3 is 5.97 Å². The van der Waals surface area contributed by atoms with Crippen molar-refractivity contribution in [1.82, 2.24) is 4.98 Å². The number of hydrogen-bond donors (Lipinski definition) is 1. The Morgan fingerprint density at radius 1 is 1.67 bits per heavy atom. The van der Waals surface area contributed by atoms with Gasteiger partial charge in [-0.2, -0.15) is 0 Å². The van der Waals surface area contributed by atoms with Crippen LogP contribution in [0.5, 0.6) is 0 Å². The molecule has 0 saturated carbocycles. The van der Waals surface area contributed by atoms with Crippen LogP contribution in [-0.2, 0) is 19.7 Å². The topological polar surface area (TPSA) is 71.9 Å². The lowest BCUT2D eigenvalue weighted by Gasteiger charge is -2.31. The van der Waals surface area contributed by atoms with Crippen molar-refractivity contribution in [3.63, 3.8) is 0 Å². The molecule has 1 atom stereocenters. The predicted molar refractivity (Wildman–Crippen MR) is 80.8 cm³/mol. The number of aliphatic hydroxyl groups excluding tert-OH is 1. The van der Waals surface area contributed by atoms with Gasteiger partial charge in [0.25, 0.3) is 0 Å². The number of rotatable bonds is 5. The molecule has 6 nitrogen and oxygen atoms in total. The van der Waals surface area contributed by atoms with Gasteiger partial charge in [0.15, 0.2) is 5.13 Å². The number of hydrogen-bond acceptors (Lipinski definition) is 7. The highest BCUT2D eigenvalue weighted by Gasteiger charge is 2.34. The maximum absolute atomic E-state index is 12.0. The first-order valence-electron chi connectivity index (χ1n) is 7.09. The quantitative estimate of drug-likeness (QED) is 0.823. The summed E-state index contributed by atoms with van der Waals surface area (Å²) in [6.45, 7) is 7.72. The van der Waals surface area contributed by atoms with E-state index in [2.05, 4.69) is 9.88 Å². The number of anilines is 1. The Labute approximate surface area is 128 Å². The molecule has 0 radical (unpaired) electrons. The molecule has 1 unspecified atom stereocenters. The molecule has 118 valence electrons. The Hall–Kier alpha value is -1.18. The maximum Gasteiger partial charge on any atom is 0.317 e. The number of aliphatic hydroxyl groups is 1. The van der Waals surface area contributed by atoms with Crippen molar-refractivity contribution in [3.05, 3.63) is 11.1 Å². The van der Waals surface area contributed by atoms with Gasteiger partial charge in [0, 0.05) is 18.5 Å². The van der Waals surface area contributed by atoms with Crippen molar-refractivity contribution in [3.8, 4) is 0 Å². The minimum absolute atomic E-state index is 0.00303. The fourth-order valence-electron chi connectivity index (χ4n) is 2.12. The number of ether oxygens (including phenoxy) is 2. The highest BCUT2D eigenvalue weighted by atomic mass is 32.1. The van der Waals surface area contributed by atoms with Gasteiger partial charge in [-0.3, -0.25) is 4.79 Å². The molecule has 1 aromatic heterocycles. The molecule has 0 aromatic carbocycles. The second-order valence-corrected chi connectivity index (χ2v) is 6.32. The zero-order valence-corrected chi connectivity index (χ0v) is 13.5. The Bertz CT molecular complexity index is 489. The summed E-state index contributed by atoms with van der Waals surface area (Å²) < 4.78 is 10.5. The molecule has 2 heterocycles. The molecule has 1 aromatic rings. The molecule has 1 aliphatic rings. The van der Waals surface area contributed by atoms with E-state index in [1.807, 2.05) is 19.2 Å². The number of thiazole rings is 1. The average Bonchev–Trinajstić information content (AvgIpc) is 2.98. The minimum Gasteiger partial charge on any atom is -0.465 e. The second-order valence-electron chi connectivity index (χ2n) is 5.48. The first-order chi connectivity index (χ1) is 9.98. The van der Waals surface area contributed by atoms with E-state index in [4.69, 9.17) is 9.47 Å². The van der Waals surface area contributed by atoms with Crippen LogP contribution in [0.1, 0.15) is 26.5 Å². The van der Waals surface area contributed by atoms with Gasteiger partial charge in [0.1, 0.15) is 5.41 Å². The van der Waals surface area contributed by atoms with Crippen LogP contribution in [0.4, 0.5) is 5.13 Å². The van der Waals surface area contributed by atoms with Gasteiger partial charge in [-0.05, 0) is 20.8 Å². The average molecular weight is 314 g/mol. The molecular weight excluding hydrogens is 292 g/mol. The van der Waals surface area contributed by atoms with Crippen LogP contribution in [0, 0.1) is 0 Å². The van der Waals surface area contributed by atoms with Gasteiger partial charge in [0.2, 0.25) is 0 Å². The van der Waals surface area contributed by atoms with Gasteiger partial charge in [-0.15, -0.1) is 11.3 Å². The van der Waals surface area contributed by atoms with Crippen molar-refractivity contribution in [2.45, 2.75) is 32.3 Å². The van der Waals surface area contributed by atoms with Crippen LogP contribution in [0.3, 0.4) is 0 Å². The molecule has 0 bridgehead atoms. The number of carbonyl (C=O) groups excluding carboxylic acids is 1. The summed E-state index contributed by atoms with van der Waals surface area (Å²) >= 11 is 1.50. The van der Waals surface area contributed by atoms with Crippen LogP contribution in [-0.4, -0.2) is 55.1 Å². The van der Waals surface area contributed by atoms with Crippen molar-refractivity contribution in [2.75, 3.05) is 37.8 Å². The highest BCUT2D eigenvalue weighted by Crippen LogP contribution is 2.30. The van der Waals surface area contributed by atoms with Crippen LogP contribution in [0.25, 0.3) is 0 Å². The number of aromatic nitrogens is 1. The zero-order valence-electron chi connectivity index (χ0n) is 12.7. The Kier molecular flexibility index (Phi) is 5.18. The molecular formula is C14H22N2O4S. The molecule has 0 aliphatic carbocycles. The summed E-state index contributed by atoms with van der Waals surface area (Å²) in [4.78, 5) is 18.7. The zero-order chi connectivity index (χ0) is 15.5. The van der Waals surface area contributed by atoms with Gasteiger partial charge in [0.05, 0.1) is 31.6 Å². The van der Waals surface area contributed by atoms with Crippen LogP contribution < -0.4 is 4.90 Å². The predicted octanol–water partition coefficient (Wildman–Crippen LogP) is 1.18. The normalized spacial score (nSPS) is 19.6. The highest BCUT2D eigenvalue weighted by molar-refractivity contribution is 7.13. The van der Waals surface area contributed by atoms with E-state index in [-0.39, 0.29) is 18.7 Å². The fourth-order valence-corrected chi connectivity index (χ4v) is 3.15. The molecule has 1 N–H and O–H groups in total. The minimum atomic E-state index is -0.757. The Morgan fingerprint density at radius 2 is 2.43 bits per heavy atom. The molecule has 2 rings (SSSR count). The van der Waals surface area contributed by atoms with Crippen molar-refractivity contribution >= 4 is 22.4 Å². The lowest BCUT2D eigenvalue weighted by atomic mass is 9.90. The number of morpholine rings is 1. The van der Waals surface area contributed by atoms with Crippen LogP contribution in [0.15, 0.2) is 5.38 Å². The molecule has 7 heteroatoms. The van der Waals surface area contributed by atoms with Crippen molar-refractivity contribution in [2.24, 2.45) is 0 Å².